The molecule has 10 heavy (non-hydrogen) atoms. The van der Waals surface area contributed by atoms with Crippen LogP contribution in [-0.4, -0.2) is 29.7 Å². The van der Waals surface area contributed by atoms with E-state index in [1.807, 2.05) is 0 Å². The number of aliphatic hydroxyl groups excluding tert-OH is 1. The molecule has 5 nitrogen and oxygen atoms in total. The number of amides is 3. The first-order chi connectivity index (χ1) is 4.74. The minimum atomic E-state index is -0.544. The fraction of sp³-hybridized carbons (Fsp3) is 0.600. The molecule has 1 heterocycles. The zero-order valence-electron chi connectivity index (χ0n) is 5.26. The van der Waals surface area contributed by atoms with Gasteiger partial charge in [-0.25, -0.2) is 4.79 Å². The predicted molar refractivity (Wildman–Crippen MR) is 32.2 cm³/mol. The van der Waals surface area contributed by atoms with Crippen LogP contribution in [0.4, 0.5) is 4.79 Å². The molecule has 0 spiro atoms. The van der Waals surface area contributed by atoms with Gasteiger partial charge in [0.2, 0.25) is 0 Å². The Morgan fingerprint density at radius 2 is 2.20 bits per heavy atom. The summed E-state index contributed by atoms with van der Waals surface area (Å²) in [6.45, 7) is -0.0988. The maximum absolute atomic E-state index is 10.7. The highest BCUT2D eigenvalue weighted by atomic mass is 16.3. The van der Waals surface area contributed by atoms with Gasteiger partial charge in [-0.1, -0.05) is 0 Å². The van der Waals surface area contributed by atoms with Crippen LogP contribution >= 0.6 is 0 Å². The fourth-order valence-corrected chi connectivity index (χ4v) is 0.791. The molecule has 0 radical (unpaired) electrons. The van der Waals surface area contributed by atoms with Gasteiger partial charge in [-0.05, 0) is 6.42 Å². The van der Waals surface area contributed by atoms with Gasteiger partial charge < -0.3 is 10.4 Å². The van der Waals surface area contributed by atoms with Gasteiger partial charge in [0.15, 0.2) is 0 Å². The molecule has 3 N–H and O–H groups in total. The van der Waals surface area contributed by atoms with Crippen molar-refractivity contribution in [1.82, 2.24) is 10.6 Å². The van der Waals surface area contributed by atoms with E-state index in [9.17, 15) is 9.59 Å². The standard InChI is InChI=1S/C5H8N2O3/c8-2-1-3-4(9)7-5(10)6-3/h3,8H,1-2H2,(H2,6,7,9,10). The summed E-state index contributed by atoms with van der Waals surface area (Å²) in [7, 11) is 0. The number of nitrogens with one attached hydrogen (secondary N) is 2. The summed E-state index contributed by atoms with van der Waals surface area (Å²) in [6.07, 6.45) is 0.275. The van der Waals surface area contributed by atoms with Crippen molar-refractivity contribution in [3.05, 3.63) is 0 Å². The Labute approximate surface area is 57.4 Å². The lowest BCUT2D eigenvalue weighted by atomic mass is 10.2. The lowest BCUT2D eigenvalue weighted by Crippen LogP contribution is -2.29. The van der Waals surface area contributed by atoms with Crippen molar-refractivity contribution in [2.24, 2.45) is 0 Å². The Hall–Kier alpha value is -1.10. The molecule has 0 aliphatic carbocycles. The van der Waals surface area contributed by atoms with Gasteiger partial charge in [0.05, 0.1) is 0 Å². The van der Waals surface area contributed by atoms with E-state index in [1.54, 1.807) is 0 Å². The monoisotopic (exact) mass is 144 g/mol. The number of carbonyl (C=O) groups excluding carboxylic acids is 2. The van der Waals surface area contributed by atoms with E-state index in [-0.39, 0.29) is 18.9 Å². The largest absolute Gasteiger partial charge is 0.396 e. The van der Waals surface area contributed by atoms with Gasteiger partial charge >= 0.3 is 6.03 Å². The number of aliphatic hydroxyl groups is 1. The maximum Gasteiger partial charge on any atom is 0.322 e. The average Bonchev–Trinajstić information content (AvgIpc) is 2.13. The van der Waals surface area contributed by atoms with E-state index in [0.29, 0.717) is 0 Å². The minimum absolute atomic E-state index is 0.0988. The predicted octanol–water partition coefficient (Wildman–Crippen LogP) is -1.42. The molecular formula is C5H8N2O3. The molecule has 56 valence electrons. The van der Waals surface area contributed by atoms with Crippen molar-refractivity contribution in [2.75, 3.05) is 6.61 Å². The highest BCUT2D eigenvalue weighted by Crippen LogP contribution is 1.96. The van der Waals surface area contributed by atoms with Crippen LogP contribution in [0.2, 0.25) is 0 Å². The van der Waals surface area contributed by atoms with Gasteiger partial charge in [0, 0.05) is 6.61 Å². The van der Waals surface area contributed by atoms with Crippen molar-refractivity contribution in [1.29, 1.82) is 0 Å². The third kappa shape index (κ3) is 1.24. The number of hydrogen-bond donors (Lipinski definition) is 3. The molecule has 0 aromatic carbocycles. The summed E-state index contributed by atoms with van der Waals surface area (Å²) in [5.41, 5.74) is 0. The maximum atomic E-state index is 10.7. The minimum Gasteiger partial charge on any atom is -0.396 e. The van der Waals surface area contributed by atoms with E-state index >= 15 is 0 Å². The Balaban J connectivity index is 2.46. The average molecular weight is 144 g/mol. The molecular weight excluding hydrogens is 136 g/mol. The molecule has 1 atom stereocenters. The lowest BCUT2D eigenvalue weighted by Gasteiger charge is -2.01. The molecule has 1 aliphatic rings. The molecule has 3 amide bonds. The van der Waals surface area contributed by atoms with E-state index in [2.05, 4.69) is 10.6 Å². The molecule has 1 aliphatic heterocycles. The van der Waals surface area contributed by atoms with Crippen LogP contribution in [-0.2, 0) is 4.79 Å². The quantitative estimate of drug-likeness (QED) is 0.416. The van der Waals surface area contributed by atoms with Crippen LogP contribution in [0, 0.1) is 0 Å². The van der Waals surface area contributed by atoms with Crippen LogP contribution in [0.3, 0.4) is 0 Å². The van der Waals surface area contributed by atoms with Gasteiger partial charge in [0.1, 0.15) is 6.04 Å². The van der Waals surface area contributed by atoms with Gasteiger partial charge in [-0.15, -0.1) is 0 Å². The third-order valence-electron chi connectivity index (χ3n) is 1.28. The van der Waals surface area contributed by atoms with Crippen molar-refractivity contribution in [3.8, 4) is 0 Å². The Morgan fingerprint density at radius 1 is 1.50 bits per heavy atom. The molecule has 1 saturated heterocycles. The smallest absolute Gasteiger partial charge is 0.322 e. The summed E-state index contributed by atoms with van der Waals surface area (Å²) < 4.78 is 0. The molecule has 1 fully saturated rings. The van der Waals surface area contributed by atoms with E-state index in [4.69, 9.17) is 5.11 Å². The van der Waals surface area contributed by atoms with Crippen molar-refractivity contribution in [3.63, 3.8) is 0 Å². The number of carbonyl (C=O) groups is 2. The topological polar surface area (TPSA) is 78.4 Å². The number of urea groups is 1. The molecule has 5 heteroatoms. The Kier molecular flexibility index (Phi) is 1.86. The highest BCUT2D eigenvalue weighted by molar-refractivity contribution is 6.04. The van der Waals surface area contributed by atoms with Crippen molar-refractivity contribution >= 4 is 11.9 Å². The van der Waals surface area contributed by atoms with Crippen LogP contribution < -0.4 is 10.6 Å². The summed E-state index contributed by atoms with van der Waals surface area (Å²) in [5.74, 6) is -0.362. The van der Waals surface area contributed by atoms with Crippen molar-refractivity contribution < 1.29 is 14.7 Å². The Bertz CT molecular complexity index is 168. The van der Waals surface area contributed by atoms with Crippen molar-refractivity contribution in [2.45, 2.75) is 12.5 Å². The zero-order chi connectivity index (χ0) is 7.56. The lowest BCUT2D eigenvalue weighted by molar-refractivity contribution is -0.120. The molecule has 1 unspecified atom stereocenters. The van der Waals surface area contributed by atoms with E-state index < -0.39 is 12.1 Å². The summed E-state index contributed by atoms with van der Waals surface area (Å²) in [4.78, 5) is 21.1. The molecule has 0 bridgehead atoms. The SMILES string of the molecule is O=C1NC(=O)C(CCO)N1. The van der Waals surface area contributed by atoms with Crippen LogP contribution in [0.15, 0.2) is 0 Å². The van der Waals surface area contributed by atoms with Crippen LogP contribution in [0.1, 0.15) is 6.42 Å². The molecule has 0 aromatic rings. The van der Waals surface area contributed by atoms with E-state index in [0.717, 1.165) is 0 Å². The second kappa shape index (κ2) is 2.66. The second-order valence-electron chi connectivity index (χ2n) is 2.03. The second-order valence-corrected chi connectivity index (χ2v) is 2.03. The first-order valence-corrected chi connectivity index (χ1v) is 2.96. The first-order valence-electron chi connectivity index (χ1n) is 2.96. The fourth-order valence-electron chi connectivity index (χ4n) is 0.791. The highest BCUT2D eigenvalue weighted by Gasteiger charge is 2.28. The van der Waals surface area contributed by atoms with Crippen LogP contribution in [0.25, 0.3) is 0 Å². The number of rotatable bonds is 2. The summed E-state index contributed by atoms with van der Waals surface area (Å²) >= 11 is 0. The number of imide groups is 1. The molecule has 0 saturated carbocycles. The zero-order valence-corrected chi connectivity index (χ0v) is 5.26. The van der Waals surface area contributed by atoms with Gasteiger partial charge in [-0.2, -0.15) is 0 Å². The number of hydrogen-bond acceptors (Lipinski definition) is 3. The summed E-state index contributed by atoms with van der Waals surface area (Å²) in [6, 6.07) is -1.03. The Morgan fingerprint density at radius 3 is 2.60 bits per heavy atom. The molecule has 1 rings (SSSR count). The van der Waals surface area contributed by atoms with Gasteiger partial charge in [-0.3, -0.25) is 10.1 Å². The normalized spacial score (nSPS) is 24.3. The third-order valence-corrected chi connectivity index (χ3v) is 1.28. The van der Waals surface area contributed by atoms with E-state index in [1.165, 1.54) is 0 Å². The summed E-state index contributed by atoms with van der Waals surface area (Å²) in [5, 5.41) is 12.8. The molecule has 0 aromatic heterocycles. The van der Waals surface area contributed by atoms with Gasteiger partial charge in [0.25, 0.3) is 5.91 Å². The van der Waals surface area contributed by atoms with Crippen LogP contribution in [0.5, 0.6) is 0 Å². The first kappa shape index (κ1) is 7.01.